The molecule has 2 atom stereocenters. The van der Waals surface area contributed by atoms with Crippen LogP contribution in [-0.2, 0) is 6.42 Å². The minimum Gasteiger partial charge on any atom is -0.294 e. The first-order chi connectivity index (χ1) is 8.21. The number of rotatable bonds is 0. The van der Waals surface area contributed by atoms with Gasteiger partial charge in [-0.05, 0) is 36.2 Å². The zero-order valence-electron chi connectivity index (χ0n) is 10.5. The Morgan fingerprint density at radius 3 is 2.82 bits per heavy atom. The molecule has 1 spiro atoms. The number of benzene rings is 1. The number of hydrogen-bond donors (Lipinski definition) is 0. The van der Waals surface area contributed by atoms with E-state index in [1.54, 1.807) is 0 Å². The van der Waals surface area contributed by atoms with Crippen LogP contribution in [0.3, 0.4) is 0 Å². The largest absolute Gasteiger partial charge is 0.294 e. The quantitative estimate of drug-likeness (QED) is 0.655. The smallest absolute Gasteiger partial charge is 0.163 e. The van der Waals surface area contributed by atoms with Crippen LogP contribution in [0.1, 0.15) is 54.9 Å². The van der Waals surface area contributed by atoms with E-state index in [0.717, 1.165) is 24.3 Å². The van der Waals surface area contributed by atoms with E-state index in [-0.39, 0.29) is 0 Å². The standard InChI is InChI=1S/C16H20O/c1-12-5-4-9-16(12)10-8-13-6-2-3-7-14(13)15(17)11-16/h2-3,6-7,12H,4-5,8-11H2,1H3. The van der Waals surface area contributed by atoms with Crippen molar-refractivity contribution >= 4 is 5.78 Å². The Morgan fingerprint density at radius 1 is 1.24 bits per heavy atom. The Hall–Kier alpha value is -1.11. The Labute approximate surface area is 103 Å². The van der Waals surface area contributed by atoms with Crippen molar-refractivity contribution in [3.05, 3.63) is 35.4 Å². The highest BCUT2D eigenvalue weighted by Crippen LogP contribution is 2.51. The van der Waals surface area contributed by atoms with Gasteiger partial charge in [0.05, 0.1) is 0 Å². The van der Waals surface area contributed by atoms with Gasteiger partial charge in [0, 0.05) is 12.0 Å². The molecule has 0 saturated heterocycles. The molecule has 0 N–H and O–H groups in total. The number of hydrogen-bond acceptors (Lipinski definition) is 1. The number of aryl methyl sites for hydroxylation is 1. The van der Waals surface area contributed by atoms with E-state index in [0.29, 0.717) is 11.2 Å². The topological polar surface area (TPSA) is 17.1 Å². The van der Waals surface area contributed by atoms with E-state index in [1.165, 1.54) is 31.2 Å². The molecule has 0 heterocycles. The summed E-state index contributed by atoms with van der Waals surface area (Å²) in [5, 5.41) is 0. The van der Waals surface area contributed by atoms with Crippen LogP contribution in [0.5, 0.6) is 0 Å². The van der Waals surface area contributed by atoms with Gasteiger partial charge in [0.15, 0.2) is 5.78 Å². The molecule has 1 aromatic rings. The van der Waals surface area contributed by atoms with Crippen molar-refractivity contribution in [2.75, 3.05) is 0 Å². The third kappa shape index (κ3) is 1.72. The molecule has 1 heteroatoms. The first kappa shape index (κ1) is 11.0. The number of ketones is 1. The zero-order valence-corrected chi connectivity index (χ0v) is 10.5. The molecule has 2 unspecified atom stereocenters. The van der Waals surface area contributed by atoms with Gasteiger partial charge in [0.1, 0.15) is 0 Å². The fourth-order valence-electron chi connectivity index (χ4n) is 3.84. The van der Waals surface area contributed by atoms with Crippen LogP contribution in [-0.4, -0.2) is 5.78 Å². The zero-order chi connectivity index (χ0) is 11.9. The summed E-state index contributed by atoms with van der Waals surface area (Å²) in [6, 6.07) is 8.19. The summed E-state index contributed by atoms with van der Waals surface area (Å²) in [7, 11) is 0. The predicted molar refractivity (Wildman–Crippen MR) is 69.2 cm³/mol. The van der Waals surface area contributed by atoms with Gasteiger partial charge in [-0.3, -0.25) is 4.79 Å². The van der Waals surface area contributed by atoms with E-state index in [9.17, 15) is 4.79 Å². The second-order valence-corrected chi connectivity index (χ2v) is 5.91. The number of carbonyl (C=O) groups excluding carboxylic acids is 1. The molecule has 2 aliphatic carbocycles. The molecule has 17 heavy (non-hydrogen) atoms. The molecule has 0 aromatic heterocycles. The summed E-state index contributed by atoms with van der Waals surface area (Å²) in [6.07, 6.45) is 6.96. The molecule has 1 fully saturated rings. The van der Waals surface area contributed by atoms with Crippen LogP contribution >= 0.6 is 0 Å². The molecule has 1 nitrogen and oxygen atoms in total. The van der Waals surface area contributed by atoms with Crippen molar-refractivity contribution in [3.63, 3.8) is 0 Å². The fourth-order valence-corrected chi connectivity index (χ4v) is 3.84. The minimum atomic E-state index is 0.316. The van der Waals surface area contributed by atoms with Crippen molar-refractivity contribution in [2.24, 2.45) is 11.3 Å². The fraction of sp³-hybridized carbons (Fsp3) is 0.562. The second kappa shape index (κ2) is 3.97. The van der Waals surface area contributed by atoms with Crippen molar-refractivity contribution in [2.45, 2.75) is 45.4 Å². The highest BCUT2D eigenvalue weighted by atomic mass is 16.1. The minimum absolute atomic E-state index is 0.316. The van der Waals surface area contributed by atoms with E-state index < -0.39 is 0 Å². The summed E-state index contributed by atoms with van der Waals surface area (Å²) in [5.74, 6) is 1.10. The Kier molecular flexibility index (Phi) is 2.57. The molecular weight excluding hydrogens is 208 g/mol. The van der Waals surface area contributed by atoms with Crippen molar-refractivity contribution < 1.29 is 4.79 Å². The molecule has 0 amide bonds. The van der Waals surface area contributed by atoms with E-state index in [4.69, 9.17) is 0 Å². The number of fused-ring (bicyclic) bond motifs is 1. The number of carbonyl (C=O) groups is 1. The molecule has 0 radical (unpaired) electrons. The lowest BCUT2D eigenvalue weighted by Gasteiger charge is -2.31. The van der Waals surface area contributed by atoms with Gasteiger partial charge in [-0.2, -0.15) is 0 Å². The monoisotopic (exact) mass is 228 g/mol. The van der Waals surface area contributed by atoms with Crippen molar-refractivity contribution in [1.82, 2.24) is 0 Å². The van der Waals surface area contributed by atoms with Crippen LogP contribution < -0.4 is 0 Å². The SMILES string of the molecule is CC1CCCC12CCc1ccccc1C(=O)C2. The maximum absolute atomic E-state index is 12.4. The maximum Gasteiger partial charge on any atom is 0.163 e. The molecule has 3 rings (SSSR count). The molecule has 2 aliphatic rings. The lowest BCUT2D eigenvalue weighted by atomic mass is 9.72. The summed E-state index contributed by atoms with van der Waals surface area (Å²) in [5.41, 5.74) is 2.58. The van der Waals surface area contributed by atoms with Crippen LogP contribution in [0.4, 0.5) is 0 Å². The van der Waals surface area contributed by atoms with E-state index >= 15 is 0 Å². The third-order valence-corrected chi connectivity index (χ3v) is 5.08. The lowest BCUT2D eigenvalue weighted by Crippen LogP contribution is -2.26. The molecule has 1 saturated carbocycles. The molecule has 0 aliphatic heterocycles. The highest BCUT2D eigenvalue weighted by Gasteiger charge is 2.43. The van der Waals surface area contributed by atoms with Gasteiger partial charge in [0.25, 0.3) is 0 Å². The summed E-state index contributed by atoms with van der Waals surface area (Å²) >= 11 is 0. The summed E-state index contributed by atoms with van der Waals surface area (Å²) < 4.78 is 0. The second-order valence-electron chi connectivity index (χ2n) is 5.91. The average Bonchev–Trinajstić information content (AvgIpc) is 2.61. The Bertz CT molecular complexity index is 449. The third-order valence-electron chi connectivity index (χ3n) is 5.08. The molecule has 90 valence electrons. The normalized spacial score (nSPS) is 32.5. The molecule has 1 aromatic carbocycles. The van der Waals surface area contributed by atoms with Gasteiger partial charge >= 0.3 is 0 Å². The van der Waals surface area contributed by atoms with Crippen LogP contribution in [0.15, 0.2) is 24.3 Å². The molecule has 0 bridgehead atoms. The van der Waals surface area contributed by atoms with Crippen molar-refractivity contribution in [3.8, 4) is 0 Å². The van der Waals surface area contributed by atoms with Crippen LogP contribution in [0, 0.1) is 11.3 Å². The highest BCUT2D eigenvalue weighted by molar-refractivity contribution is 5.98. The summed E-state index contributed by atoms with van der Waals surface area (Å²) in [6.45, 7) is 2.34. The van der Waals surface area contributed by atoms with Gasteiger partial charge in [-0.15, -0.1) is 0 Å². The molecular formula is C16H20O. The first-order valence-electron chi connectivity index (χ1n) is 6.82. The summed E-state index contributed by atoms with van der Waals surface area (Å²) in [4.78, 5) is 12.4. The Balaban J connectivity index is 1.97. The lowest BCUT2D eigenvalue weighted by molar-refractivity contribution is 0.0869. The Morgan fingerprint density at radius 2 is 2.06 bits per heavy atom. The van der Waals surface area contributed by atoms with Gasteiger partial charge in [-0.1, -0.05) is 44.0 Å². The predicted octanol–water partition coefficient (Wildman–Crippen LogP) is 4.01. The van der Waals surface area contributed by atoms with Crippen LogP contribution in [0.25, 0.3) is 0 Å². The van der Waals surface area contributed by atoms with Gasteiger partial charge in [-0.25, -0.2) is 0 Å². The number of Topliss-reactive ketones (excluding diaryl/α,β-unsaturated/α-hetero) is 1. The van der Waals surface area contributed by atoms with Gasteiger partial charge in [0.2, 0.25) is 0 Å². The first-order valence-corrected chi connectivity index (χ1v) is 6.82. The van der Waals surface area contributed by atoms with Gasteiger partial charge < -0.3 is 0 Å². The van der Waals surface area contributed by atoms with E-state index in [1.807, 2.05) is 12.1 Å². The van der Waals surface area contributed by atoms with Crippen LogP contribution in [0.2, 0.25) is 0 Å². The van der Waals surface area contributed by atoms with Crippen molar-refractivity contribution in [1.29, 1.82) is 0 Å². The van der Waals surface area contributed by atoms with E-state index in [2.05, 4.69) is 19.1 Å². The maximum atomic E-state index is 12.4. The average molecular weight is 228 g/mol.